The third-order valence-electron chi connectivity index (χ3n) is 5.84. The summed E-state index contributed by atoms with van der Waals surface area (Å²) in [6.07, 6.45) is -3.48. The molecule has 0 aliphatic heterocycles. The summed E-state index contributed by atoms with van der Waals surface area (Å²) < 4.78 is 46.6. The molecule has 2 heterocycles. The lowest BCUT2D eigenvalue weighted by Gasteiger charge is -2.11. The first kappa shape index (κ1) is 26.1. The third kappa shape index (κ3) is 5.10. The van der Waals surface area contributed by atoms with Crippen molar-refractivity contribution in [2.75, 3.05) is 0 Å². The summed E-state index contributed by atoms with van der Waals surface area (Å²) in [5.74, 6) is -2.60. The number of aromatic carboxylic acids is 2. The SMILES string of the molecule is O=C(O)c1cc(C(=O)O)cc(-c2ccc(C=Nn3c(-c4cccc(C(F)(F)F)c4)nc4ccccc4c3=O)o2)c1. The number of nitrogens with zero attached hydrogens (tertiary/aromatic N) is 3. The van der Waals surface area contributed by atoms with Gasteiger partial charge in [0.2, 0.25) is 0 Å². The molecular formula is C28H16F3N3O6. The van der Waals surface area contributed by atoms with Crippen molar-refractivity contribution in [1.82, 2.24) is 9.66 Å². The van der Waals surface area contributed by atoms with Crippen LogP contribution >= 0.6 is 0 Å². The summed E-state index contributed by atoms with van der Waals surface area (Å²) in [5.41, 5.74) is -1.65. The lowest BCUT2D eigenvalue weighted by molar-refractivity contribution is -0.137. The van der Waals surface area contributed by atoms with Gasteiger partial charge in [0.25, 0.3) is 5.56 Å². The second-order valence-electron chi connectivity index (χ2n) is 8.50. The van der Waals surface area contributed by atoms with Crippen LogP contribution in [0.15, 0.2) is 93.2 Å². The summed E-state index contributed by atoms with van der Waals surface area (Å²) in [6, 6.07) is 17.0. The van der Waals surface area contributed by atoms with E-state index in [0.717, 1.165) is 29.1 Å². The van der Waals surface area contributed by atoms with Crippen molar-refractivity contribution < 1.29 is 37.4 Å². The van der Waals surface area contributed by atoms with E-state index in [4.69, 9.17) is 4.42 Å². The second-order valence-corrected chi connectivity index (χ2v) is 8.50. The van der Waals surface area contributed by atoms with Gasteiger partial charge in [0.1, 0.15) is 11.5 Å². The fourth-order valence-electron chi connectivity index (χ4n) is 3.96. The zero-order valence-electron chi connectivity index (χ0n) is 20.1. The molecule has 5 aromatic rings. The van der Waals surface area contributed by atoms with E-state index in [0.29, 0.717) is 0 Å². The van der Waals surface area contributed by atoms with Gasteiger partial charge in [0.15, 0.2) is 5.82 Å². The van der Waals surface area contributed by atoms with Gasteiger partial charge in [-0.05, 0) is 54.6 Å². The smallest absolute Gasteiger partial charge is 0.416 e. The summed E-state index contributed by atoms with van der Waals surface area (Å²) >= 11 is 0. The largest absolute Gasteiger partial charge is 0.478 e. The van der Waals surface area contributed by atoms with Gasteiger partial charge in [-0.2, -0.15) is 22.9 Å². The Balaban J connectivity index is 1.60. The van der Waals surface area contributed by atoms with E-state index in [1.165, 1.54) is 42.5 Å². The predicted octanol–water partition coefficient (Wildman–Crippen LogP) is 5.62. The quantitative estimate of drug-likeness (QED) is 0.264. The first-order valence-corrected chi connectivity index (χ1v) is 11.5. The number of carboxylic acids is 2. The number of carbonyl (C=O) groups is 2. The molecule has 3 aromatic carbocycles. The fraction of sp³-hybridized carbons (Fsp3) is 0.0357. The first-order chi connectivity index (χ1) is 19.0. The Morgan fingerprint density at radius 1 is 0.875 bits per heavy atom. The van der Waals surface area contributed by atoms with Crippen molar-refractivity contribution in [3.05, 3.63) is 112 Å². The molecule has 200 valence electrons. The molecule has 40 heavy (non-hydrogen) atoms. The molecule has 0 saturated heterocycles. The zero-order valence-corrected chi connectivity index (χ0v) is 20.1. The van der Waals surface area contributed by atoms with Crippen molar-refractivity contribution in [2.24, 2.45) is 5.10 Å². The number of hydrogen-bond donors (Lipinski definition) is 2. The highest BCUT2D eigenvalue weighted by molar-refractivity contribution is 5.96. The van der Waals surface area contributed by atoms with E-state index in [2.05, 4.69) is 10.1 Å². The Hall–Kier alpha value is -5.52. The maximum absolute atomic E-state index is 13.4. The summed E-state index contributed by atoms with van der Waals surface area (Å²) in [6.45, 7) is 0. The molecule has 2 aromatic heterocycles. The van der Waals surface area contributed by atoms with Crippen molar-refractivity contribution in [3.8, 4) is 22.7 Å². The summed E-state index contributed by atoms with van der Waals surface area (Å²) in [7, 11) is 0. The fourth-order valence-corrected chi connectivity index (χ4v) is 3.96. The van der Waals surface area contributed by atoms with E-state index in [1.54, 1.807) is 18.2 Å². The van der Waals surface area contributed by atoms with E-state index in [1.807, 2.05) is 0 Å². The number of furan rings is 1. The van der Waals surface area contributed by atoms with Gasteiger partial charge in [-0.3, -0.25) is 4.79 Å². The lowest BCUT2D eigenvalue weighted by atomic mass is 10.0. The number of fused-ring (bicyclic) bond motifs is 1. The Morgan fingerprint density at radius 2 is 1.57 bits per heavy atom. The van der Waals surface area contributed by atoms with Crippen LogP contribution in [0.5, 0.6) is 0 Å². The van der Waals surface area contributed by atoms with Gasteiger partial charge in [0, 0.05) is 11.1 Å². The molecule has 0 unspecified atom stereocenters. The molecule has 0 fully saturated rings. The number of alkyl halides is 3. The topological polar surface area (TPSA) is 135 Å². The standard InChI is InChI=1S/C28H16F3N3O6/c29-28(30,31)19-5-3-4-15(13-19)24-33-22-7-2-1-6-21(22)25(35)34(24)32-14-20-8-9-23(40-20)16-10-17(26(36)37)12-18(11-16)27(38)39/h1-14H,(H,36,37)(H,38,39). The molecule has 12 heteroatoms. The van der Waals surface area contributed by atoms with Crippen LogP contribution in [0.3, 0.4) is 0 Å². The number of rotatable bonds is 6. The summed E-state index contributed by atoms with van der Waals surface area (Å²) in [5, 5.41) is 23.0. The molecule has 0 atom stereocenters. The van der Waals surface area contributed by atoms with Crippen LogP contribution in [0.25, 0.3) is 33.6 Å². The van der Waals surface area contributed by atoms with Crippen LogP contribution in [-0.2, 0) is 6.18 Å². The molecular weight excluding hydrogens is 531 g/mol. The Morgan fingerprint density at radius 3 is 2.25 bits per heavy atom. The van der Waals surface area contributed by atoms with Crippen LogP contribution in [0.2, 0.25) is 0 Å². The minimum absolute atomic E-state index is 0.00153. The van der Waals surface area contributed by atoms with Gasteiger partial charge in [0.05, 0.1) is 33.8 Å². The maximum atomic E-state index is 13.4. The lowest BCUT2D eigenvalue weighted by Crippen LogP contribution is -2.20. The third-order valence-corrected chi connectivity index (χ3v) is 5.84. The highest BCUT2D eigenvalue weighted by Crippen LogP contribution is 2.32. The van der Waals surface area contributed by atoms with E-state index in [-0.39, 0.29) is 50.5 Å². The molecule has 9 nitrogen and oxygen atoms in total. The number of benzene rings is 3. The Bertz CT molecular complexity index is 1860. The molecule has 0 saturated carbocycles. The zero-order chi connectivity index (χ0) is 28.6. The average molecular weight is 547 g/mol. The van der Waals surface area contributed by atoms with Crippen LogP contribution < -0.4 is 5.56 Å². The minimum atomic E-state index is -4.62. The summed E-state index contributed by atoms with van der Waals surface area (Å²) in [4.78, 5) is 40.5. The second kappa shape index (κ2) is 9.98. The van der Waals surface area contributed by atoms with E-state index >= 15 is 0 Å². The predicted molar refractivity (Wildman–Crippen MR) is 137 cm³/mol. The highest BCUT2D eigenvalue weighted by Gasteiger charge is 2.31. The number of aromatic nitrogens is 2. The van der Waals surface area contributed by atoms with Crippen LogP contribution in [-0.4, -0.2) is 38.0 Å². The molecule has 5 rings (SSSR count). The minimum Gasteiger partial charge on any atom is -0.478 e. The average Bonchev–Trinajstić information content (AvgIpc) is 3.41. The van der Waals surface area contributed by atoms with Crippen LogP contribution in [0.4, 0.5) is 13.2 Å². The Labute approximate surface area is 222 Å². The molecule has 0 aliphatic carbocycles. The number of para-hydroxylation sites is 1. The van der Waals surface area contributed by atoms with Crippen LogP contribution in [0, 0.1) is 0 Å². The highest BCUT2D eigenvalue weighted by atomic mass is 19.4. The van der Waals surface area contributed by atoms with Crippen molar-refractivity contribution >= 4 is 29.1 Å². The molecule has 0 amide bonds. The van der Waals surface area contributed by atoms with Gasteiger partial charge in [-0.15, -0.1) is 0 Å². The number of halogens is 3. The van der Waals surface area contributed by atoms with Crippen LogP contribution in [0.1, 0.15) is 32.0 Å². The van der Waals surface area contributed by atoms with Crippen molar-refractivity contribution in [3.63, 3.8) is 0 Å². The van der Waals surface area contributed by atoms with Gasteiger partial charge < -0.3 is 14.6 Å². The monoisotopic (exact) mass is 547 g/mol. The maximum Gasteiger partial charge on any atom is 0.416 e. The molecule has 2 N–H and O–H groups in total. The Kier molecular flexibility index (Phi) is 6.51. The molecule has 0 spiro atoms. The van der Waals surface area contributed by atoms with E-state index in [9.17, 15) is 37.8 Å². The molecule has 0 radical (unpaired) electrons. The molecule has 0 bridgehead atoms. The molecule has 0 aliphatic rings. The normalized spacial score (nSPS) is 11.8. The van der Waals surface area contributed by atoms with Gasteiger partial charge in [-0.1, -0.05) is 24.3 Å². The van der Waals surface area contributed by atoms with E-state index < -0.39 is 29.2 Å². The van der Waals surface area contributed by atoms with Crippen molar-refractivity contribution in [1.29, 1.82) is 0 Å². The van der Waals surface area contributed by atoms with Crippen molar-refractivity contribution in [2.45, 2.75) is 6.18 Å². The number of hydrogen-bond acceptors (Lipinski definition) is 6. The van der Waals surface area contributed by atoms with Gasteiger partial charge in [-0.25, -0.2) is 14.6 Å². The number of carboxylic acid groups (broad SMARTS) is 2. The first-order valence-electron chi connectivity index (χ1n) is 11.5. The van der Waals surface area contributed by atoms with Gasteiger partial charge >= 0.3 is 18.1 Å².